The molecule has 5 nitrogen and oxygen atoms in total. The summed E-state index contributed by atoms with van der Waals surface area (Å²) < 4.78 is 13.3. The van der Waals surface area contributed by atoms with Gasteiger partial charge in [-0.15, -0.1) is 0 Å². The van der Waals surface area contributed by atoms with Gasteiger partial charge < -0.3 is 5.11 Å². The first-order valence-corrected chi connectivity index (χ1v) is 9.37. The number of aryl methyl sites for hydroxylation is 1. The molecule has 0 amide bonds. The Hall–Kier alpha value is -4.06. The van der Waals surface area contributed by atoms with Crippen molar-refractivity contribution in [3.05, 3.63) is 95.8 Å². The molecule has 4 aromatic rings. The highest BCUT2D eigenvalue weighted by atomic mass is 19.1. The highest BCUT2D eigenvalue weighted by Gasteiger charge is 2.09. The minimum absolute atomic E-state index is 0.193. The third-order valence-corrected chi connectivity index (χ3v) is 4.48. The number of aromatic nitrogens is 2. The lowest BCUT2D eigenvalue weighted by Crippen LogP contribution is -2.00. The van der Waals surface area contributed by atoms with Crippen LogP contribution in [0.25, 0.3) is 22.5 Å². The van der Waals surface area contributed by atoms with Crippen LogP contribution in [0, 0.1) is 12.7 Å². The van der Waals surface area contributed by atoms with Gasteiger partial charge in [0.2, 0.25) is 5.95 Å². The van der Waals surface area contributed by atoms with Gasteiger partial charge in [0, 0.05) is 11.1 Å². The number of nitrogens with zero attached hydrogens (tertiary/aromatic N) is 3. The van der Waals surface area contributed by atoms with Crippen molar-refractivity contribution in [1.82, 2.24) is 9.97 Å². The van der Waals surface area contributed by atoms with Gasteiger partial charge >= 0.3 is 0 Å². The monoisotopic (exact) mass is 398 g/mol. The lowest BCUT2D eigenvalue weighted by Gasteiger charge is -2.09. The number of phenols is 1. The van der Waals surface area contributed by atoms with E-state index in [0.717, 1.165) is 27.9 Å². The molecule has 0 aliphatic rings. The number of nitrogens with one attached hydrogen (secondary N) is 1. The average Bonchev–Trinajstić information content (AvgIpc) is 2.76. The van der Waals surface area contributed by atoms with Crippen LogP contribution in [0.5, 0.6) is 5.75 Å². The summed E-state index contributed by atoms with van der Waals surface area (Å²) in [5, 5.41) is 13.6. The average molecular weight is 398 g/mol. The molecule has 0 radical (unpaired) electrons. The first-order valence-electron chi connectivity index (χ1n) is 9.37. The molecule has 0 aliphatic carbocycles. The number of hydrogen-bond donors (Lipinski definition) is 2. The maximum Gasteiger partial charge on any atom is 0.244 e. The van der Waals surface area contributed by atoms with E-state index >= 15 is 0 Å². The number of hydrazone groups is 1. The SMILES string of the molecule is Cc1ccc(-c2cc(-c3ccc(F)cc3)nc(NN=Cc3ccc(O)cc3)n2)cc1. The van der Waals surface area contributed by atoms with Gasteiger partial charge in [-0.25, -0.2) is 19.8 Å². The van der Waals surface area contributed by atoms with E-state index in [9.17, 15) is 9.50 Å². The van der Waals surface area contributed by atoms with Crippen LogP contribution >= 0.6 is 0 Å². The van der Waals surface area contributed by atoms with E-state index in [1.165, 1.54) is 12.1 Å². The molecule has 0 saturated carbocycles. The Morgan fingerprint density at radius 3 is 2.00 bits per heavy atom. The standard InChI is InChI=1S/C24H19FN4O/c1-16-2-6-18(7-3-16)22-14-23(19-8-10-20(25)11-9-19)28-24(27-22)29-26-15-17-4-12-21(30)13-5-17/h2-15,30H,1H3,(H,27,28,29). The van der Waals surface area contributed by atoms with Crippen molar-refractivity contribution >= 4 is 12.2 Å². The van der Waals surface area contributed by atoms with Crippen molar-refractivity contribution in [2.24, 2.45) is 5.10 Å². The molecule has 0 unspecified atom stereocenters. The summed E-state index contributed by atoms with van der Waals surface area (Å²) in [6.45, 7) is 2.03. The third-order valence-electron chi connectivity index (χ3n) is 4.48. The van der Waals surface area contributed by atoms with Crippen molar-refractivity contribution in [1.29, 1.82) is 0 Å². The lowest BCUT2D eigenvalue weighted by atomic mass is 10.1. The summed E-state index contributed by atoms with van der Waals surface area (Å²) in [4.78, 5) is 9.09. The minimum Gasteiger partial charge on any atom is -0.508 e. The van der Waals surface area contributed by atoms with Crippen LogP contribution in [0.2, 0.25) is 0 Å². The Kier molecular flexibility index (Phi) is 5.48. The second-order valence-corrected chi connectivity index (χ2v) is 6.80. The highest BCUT2D eigenvalue weighted by Crippen LogP contribution is 2.25. The fourth-order valence-electron chi connectivity index (χ4n) is 2.86. The van der Waals surface area contributed by atoms with Crippen LogP contribution < -0.4 is 5.43 Å². The van der Waals surface area contributed by atoms with E-state index in [2.05, 4.69) is 20.5 Å². The van der Waals surface area contributed by atoms with Crippen LogP contribution in [0.15, 0.2) is 84.0 Å². The Bertz CT molecular complexity index is 1110. The Morgan fingerprint density at radius 2 is 1.40 bits per heavy atom. The molecule has 1 aromatic heterocycles. The molecule has 0 bridgehead atoms. The molecular weight excluding hydrogens is 379 g/mol. The summed E-state index contributed by atoms with van der Waals surface area (Å²) in [6.07, 6.45) is 1.61. The van der Waals surface area contributed by atoms with Crippen molar-refractivity contribution in [2.45, 2.75) is 6.92 Å². The normalized spacial score (nSPS) is 11.0. The lowest BCUT2D eigenvalue weighted by molar-refractivity contribution is 0.475. The summed E-state index contributed by atoms with van der Waals surface area (Å²) >= 11 is 0. The van der Waals surface area contributed by atoms with Gasteiger partial charge in [0.05, 0.1) is 17.6 Å². The number of phenolic OH excluding ortho intramolecular Hbond substituents is 1. The predicted molar refractivity (Wildman–Crippen MR) is 117 cm³/mol. The molecule has 148 valence electrons. The molecule has 4 rings (SSSR count). The second kappa shape index (κ2) is 8.53. The zero-order valence-corrected chi connectivity index (χ0v) is 16.2. The number of hydrogen-bond acceptors (Lipinski definition) is 5. The molecule has 3 aromatic carbocycles. The maximum absolute atomic E-state index is 13.3. The largest absolute Gasteiger partial charge is 0.508 e. The van der Waals surface area contributed by atoms with E-state index in [-0.39, 0.29) is 11.6 Å². The number of anilines is 1. The van der Waals surface area contributed by atoms with Gasteiger partial charge in [0.1, 0.15) is 11.6 Å². The third kappa shape index (κ3) is 4.67. The van der Waals surface area contributed by atoms with Crippen molar-refractivity contribution in [3.8, 4) is 28.3 Å². The fraction of sp³-hybridized carbons (Fsp3) is 0.0417. The molecule has 6 heteroatoms. The Labute approximate surface area is 173 Å². The summed E-state index contributed by atoms with van der Waals surface area (Å²) in [5.41, 5.74) is 7.93. The van der Waals surface area contributed by atoms with Crippen LogP contribution in [0.1, 0.15) is 11.1 Å². The van der Waals surface area contributed by atoms with E-state index in [1.807, 2.05) is 37.3 Å². The molecule has 1 heterocycles. The van der Waals surface area contributed by atoms with Crippen molar-refractivity contribution in [2.75, 3.05) is 5.43 Å². The van der Waals surface area contributed by atoms with Crippen molar-refractivity contribution < 1.29 is 9.50 Å². The van der Waals surface area contributed by atoms with Crippen LogP contribution in [-0.4, -0.2) is 21.3 Å². The maximum atomic E-state index is 13.3. The van der Waals surface area contributed by atoms with Crippen LogP contribution in [-0.2, 0) is 0 Å². The fourth-order valence-corrected chi connectivity index (χ4v) is 2.86. The van der Waals surface area contributed by atoms with Gasteiger partial charge in [-0.3, -0.25) is 0 Å². The smallest absolute Gasteiger partial charge is 0.244 e. The molecule has 0 spiro atoms. The molecule has 0 aliphatic heterocycles. The molecule has 2 N–H and O–H groups in total. The van der Waals surface area contributed by atoms with Gasteiger partial charge in [-0.05, 0) is 67.1 Å². The van der Waals surface area contributed by atoms with Crippen molar-refractivity contribution in [3.63, 3.8) is 0 Å². The molecule has 0 fully saturated rings. The number of rotatable bonds is 5. The molecule has 0 atom stereocenters. The Morgan fingerprint density at radius 1 is 0.833 bits per heavy atom. The summed E-state index contributed by atoms with van der Waals surface area (Å²) in [6, 6.07) is 22.7. The predicted octanol–water partition coefficient (Wildman–Crippen LogP) is 5.41. The van der Waals surface area contributed by atoms with Gasteiger partial charge in [0.15, 0.2) is 0 Å². The number of benzene rings is 3. The number of halogens is 1. The quantitative estimate of drug-likeness (QED) is 0.348. The Balaban J connectivity index is 1.68. The first kappa shape index (κ1) is 19.3. The van der Waals surface area contributed by atoms with Gasteiger partial charge in [-0.1, -0.05) is 29.8 Å². The summed E-state index contributed by atoms with van der Waals surface area (Å²) in [5.74, 6) is 0.212. The van der Waals surface area contributed by atoms with E-state index in [0.29, 0.717) is 11.6 Å². The highest BCUT2D eigenvalue weighted by molar-refractivity contribution is 5.80. The molecule has 30 heavy (non-hydrogen) atoms. The number of aromatic hydroxyl groups is 1. The summed E-state index contributed by atoms with van der Waals surface area (Å²) in [7, 11) is 0. The van der Waals surface area contributed by atoms with E-state index < -0.39 is 0 Å². The minimum atomic E-state index is -0.302. The topological polar surface area (TPSA) is 70.4 Å². The van der Waals surface area contributed by atoms with Gasteiger partial charge in [0.25, 0.3) is 0 Å². The first-order chi connectivity index (χ1) is 14.6. The molecular formula is C24H19FN4O. The van der Waals surface area contributed by atoms with Crippen LogP contribution in [0.3, 0.4) is 0 Å². The zero-order chi connectivity index (χ0) is 20.9. The molecule has 0 saturated heterocycles. The van der Waals surface area contributed by atoms with E-state index in [1.54, 1.807) is 42.6 Å². The van der Waals surface area contributed by atoms with E-state index in [4.69, 9.17) is 0 Å². The zero-order valence-electron chi connectivity index (χ0n) is 16.2. The van der Waals surface area contributed by atoms with Gasteiger partial charge in [-0.2, -0.15) is 5.10 Å². The van der Waals surface area contributed by atoms with Crippen LogP contribution in [0.4, 0.5) is 10.3 Å². The second-order valence-electron chi connectivity index (χ2n) is 6.80.